The summed E-state index contributed by atoms with van der Waals surface area (Å²) < 4.78 is 0. The smallest absolute Gasteiger partial charge is 0.233 e. The molecule has 0 aliphatic heterocycles. The lowest BCUT2D eigenvalue weighted by molar-refractivity contribution is -0.120. The van der Waals surface area contributed by atoms with E-state index in [2.05, 4.69) is 41.7 Å². The standard InChI is InChI=1S/C21H25NOS/c1-16(21(23)22-14-13-17-7-3-2-4-8-17)24-20-12-11-18-9-5-6-10-19(18)15-20/h5-7,9-12,15-16H,2-4,8,13-14H2,1H3,(H,22,23)/t16-/m0/s1. The molecule has 0 bridgehead atoms. The number of benzene rings is 2. The third kappa shape index (κ3) is 4.64. The molecule has 126 valence electrons. The van der Waals surface area contributed by atoms with Gasteiger partial charge in [0, 0.05) is 11.4 Å². The van der Waals surface area contributed by atoms with Gasteiger partial charge in [-0.1, -0.05) is 42.0 Å². The quantitative estimate of drug-likeness (QED) is 0.569. The molecule has 0 heterocycles. The second kappa shape index (κ2) is 8.39. The second-order valence-corrected chi connectivity index (χ2v) is 7.83. The molecule has 1 amide bonds. The fourth-order valence-electron chi connectivity index (χ4n) is 3.12. The Morgan fingerprint density at radius 1 is 1.17 bits per heavy atom. The zero-order valence-electron chi connectivity index (χ0n) is 14.3. The predicted molar refractivity (Wildman–Crippen MR) is 103 cm³/mol. The average Bonchev–Trinajstić information content (AvgIpc) is 2.62. The van der Waals surface area contributed by atoms with Crippen LogP contribution in [0.2, 0.25) is 0 Å². The first-order chi connectivity index (χ1) is 11.7. The van der Waals surface area contributed by atoms with E-state index >= 15 is 0 Å². The summed E-state index contributed by atoms with van der Waals surface area (Å²) >= 11 is 1.63. The summed E-state index contributed by atoms with van der Waals surface area (Å²) in [4.78, 5) is 13.4. The first kappa shape index (κ1) is 17.1. The molecule has 2 aromatic carbocycles. The maximum atomic E-state index is 12.3. The van der Waals surface area contributed by atoms with Crippen LogP contribution in [0.15, 0.2) is 59.0 Å². The maximum absolute atomic E-state index is 12.3. The topological polar surface area (TPSA) is 29.1 Å². The summed E-state index contributed by atoms with van der Waals surface area (Å²) in [5.41, 5.74) is 1.51. The SMILES string of the molecule is C[C@H](Sc1ccc2ccccc2c1)C(=O)NCCC1=CCCCC1. The predicted octanol–water partition coefficient (Wildman–Crippen LogP) is 5.33. The van der Waals surface area contributed by atoms with Gasteiger partial charge in [-0.2, -0.15) is 0 Å². The summed E-state index contributed by atoms with van der Waals surface area (Å²) in [6.07, 6.45) is 8.38. The van der Waals surface area contributed by atoms with Crippen molar-refractivity contribution in [2.24, 2.45) is 0 Å². The Hall–Kier alpha value is -1.74. The van der Waals surface area contributed by atoms with E-state index in [4.69, 9.17) is 0 Å². The number of carbonyl (C=O) groups is 1. The highest BCUT2D eigenvalue weighted by molar-refractivity contribution is 8.00. The summed E-state index contributed by atoms with van der Waals surface area (Å²) in [6.45, 7) is 2.74. The van der Waals surface area contributed by atoms with Crippen molar-refractivity contribution in [3.63, 3.8) is 0 Å². The Labute approximate surface area is 148 Å². The van der Waals surface area contributed by atoms with Crippen LogP contribution < -0.4 is 5.32 Å². The highest BCUT2D eigenvalue weighted by Crippen LogP contribution is 2.27. The minimum absolute atomic E-state index is 0.0773. The molecule has 0 fully saturated rings. The Bertz CT molecular complexity index is 737. The maximum Gasteiger partial charge on any atom is 0.233 e. The Balaban J connectivity index is 1.50. The fraction of sp³-hybridized carbons (Fsp3) is 0.381. The van der Waals surface area contributed by atoms with Crippen molar-refractivity contribution >= 4 is 28.4 Å². The first-order valence-corrected chi connectivity index (χ1v) is 9.71. The number of amides is 1. The van der Waals surface area contributed by atoms with Crippen molar-refractivity contribution < 1.29 is 4.79 Å². The van der Waals surface area contributed by atoms with E-state index in [0.29, 0.717) is 0 Å². The van der Waals surface area contributed by atoms with Crippen LogP contribution in [0.25, 0.3) is 10.8 Å². The average molecular weight is 340 g/mol. The summed E-state index contributed by atoms with van der Waals surface area (Å²) in [5, 5.41) is 5.47. The molecular formula is C21H25NOS. The lowest BCUT2D eigenvalue weighted by atomic mass is 9.97. The summed E-state index contributed by atoms with van der Waals surface area (Å²) in [6, 6.07) is 14.7. The molecule has 1 atom stereocenters. The molecule has 0 radical (unpaired) electrons. The number of hydrogen-bond acceptors (Lipinski definition) is 2. The van der Waals surface area contributed by atoms with Gasteiger partial charge in [-0.05, 0) is 61.9 Å². The molecule has 0 unspecified atom stereocenters. The minimum Gasteiger partial charge on any atom is -0.355 e. The van der Waals surface area contributed by atoms with Crippen molar-refractivity contribution in [2.45, 2.75) is 49.2 Å². The van der Waals surface area contributed by atoms with Crippen molar-refractivity contribution in [3.05, 3.63) is 54.1 Å². The zero-order chi connectivity index (χ0) is 16.8. The van der Waals surface area contributed by atoms with Crippen LogP contribution in [0.3, 0.4) is 0 Å². The second-order valence-electron chi connectivity index (χ2n) is 6.42. The van der Waals surface area contributed by atoms with Crippen molar-refractivity contribution in [3.8, 4) is 0 Å². The third-order valence-electron chi connectivity index (χ3n) is 4.53. The molecule has 1 aliphatic rings. The van der Waals surface area contributed by atoms with E-state index in [-0.39, 0.29) is 11.2 Å². The van der Waals surface area contributed by atoms with E-state index in [1.54, 1.807) is 11.8 Å². The molecule has 3 rings (SSSR count). The number of hydrogen-bond donors (Lipinski definition) is 1. The summed E-state index contributed by atoms with van der Waals surface area (Å²) in [7, 11) is 0. The first-order valence-electron chi connectivity index (χ1n) is 8.83. The number of nitrogens with one attached hydrogen (secondary N) is 1. The van der Waals surface area contributed by atoms with E-state index in [9.17, 15) is 4.79 Å². The lowest BCUT2D eigenvalue weighted by Gasteiger charge is -2.15. The van der Waals surface area contributed by atoms with Crippen LogP contribution in [0.5, 0.6) is 0 Å². The van der Waals surface area contributed by atoms with Gasteiger partial charge in [0.2, 0.25) is 5.91 Å². The van der Waals surface area contributed by atoms with Gasteiger partial charge in [0.1, 0.15) is 0 Å². The normalized spacial score (nSPS) is 15.8. The number of fused-ring (bicyclic) bond motifs is 1. The number of thioether (sulfide) groups is 1. The number of carbonyl (C=O) groups excluding carboxylic acids is 1. The Kier molecular flexibility index (Phi) is 5.97. The van der Waals surface area contributed by atoms with Gasteiger partial charge in [-0.3, -0.25) is 4.79 Å². The van der Waals surface area contributed by atoms with E-state index in [1.165, 1.54) is 42.0 Å². The third-order valence-corrected chi connectivity index (χ3v) is 5.63. The van der Waals surface area contributed by atoms with Crippen LogP contribution in [-0.4, -0.2) is 17.7 Å². The van der Waals surface area contributed by atoms with Crippen LogP contribution in [0, 0.1) is 0 Å². The lowest BCUT2D eigenvalue weighted by Crippen LogP contribution is -2.31. The van der Waals surface area contributed by atoms with Gasteiger partial charge in [0.05, 0.1) is 5.25 Å². The highest BCUT2D eigenvalue weighted by atomic mass is 32.2. The zero-order valence-corrected chi connectivity index (χ0v) is 15.1. The molecule has 0 saturated heterocycles. The number of rotatable bonds is 6. The molecule has 2 nitrogen and oxygen atoms in total. The van der Waals surface area contributed by atoms with Crippen LogP contribution in [-0.2, 0) is 4.79 Å². The molecular weight excluding hydrogens is 314 g/mol. The fourth-order valence-corrected chi connectivity index (χ4v) is 4.06. The van der Waals surface area contributed by atoms with Crippen LogP contribution in [0.4, 0.5) is 0 Å². The van der Waals surface area contributed by atoms with E-state index < -0.39 is 0 Å². The van der Waals surface area contributed by atoms with Crippen LogP contribution in [0.1, 0.15) is 39.0 Å². The van der Waals surface area contributed by atoms with E-state index in [0.717, 1.165) is 17.9 Å². The monoisotopic (exact) mass is 339 g/mol. The minimum atomic E-state index is -0.0773. The van der Waals surface area contributed by atoms with Gasteiger partial charge >= 0.3 is 0 Å². The Morgan fingerprint density at radius 2 is 2.00 bits per heavy atom. The molecule has 2 aromatic rings. The van der Waals surface area contributed by atoms with Crippen molar-refractivity contribution in [1.29, 1.82) is 0 Å². The highest BCUT2D eigenvalue weighted by Gasteiger charge is 2.14. The largest absolute Gasteiger partial charge is 0.355 e. The molecule has 24 heavy (non-hydrogen) atoms. The molecule has 0 saturated carbocycles. The molecule has 1 aliphatic carbocycles. The Morgan fingerprint density at radius 3 is 2.79 bits per heavy atom. The van der Waals surface area contributed by atoms with Crippen LogP contribution >= 0.6 is 11.8 Å². The molecule has 1 N–H and O–H groups in total. The number of allylic oxidation sites excluding steroid dienone is 1. The van der Waals surface area contributed by atoms with Crippen molar-refractivity contribution in [1.82, 2.24) is 5.32 Å². The van der Waals surface area contributed by atoms with Gasteiger partial charge in [0.15, 0.2) is 0 Å². The molecule has 0 aromatic heterocycles. The van der Waals surface area contributed by atoms with Gasteiger partial charge in [0.25, 0.3) is 0 Å². The van der Waals surface area contributed by atoms with E-state index in [1.807, 2.05) is 19.1 Å². The molecule has 0 spiro atoms. The van der Waals surface area contributed by atoms with Gasteiger partial charge in [-0.15, -0.1) is 11.8 Å². The van der Waals surface area contributed by atoms with Gasteiger partial charge in [-0.25, -0.2) is 0 Å². The van der Waals surface area contributed by atoms with Gasteiger partial charge < -0.3 is 5.32 Å². The van der Waals surface area contributed by atoms with Crippen molar-refractivity contribution in [2.75, 3.05) is 6.54 Å². The summed E-state index contributed by atoms with van der Waals surface area (Å²) in [5.74, 6) is 0.129. The molecule has 3 heteroatoms.